The number of nitrogens with zero attached hydrogens (tertiary/aromatic N) is 2. The molecule has 82 valence electrons. The maximum absolute atomic E-state index is 11.4. The van der Waals surface area contributed by atoms with E-state index in [0.717, 1.165) is 5.69 Å². The molecule has 0 radical (unpaired) electrons. The van der Waals surface area contributed by atoms with Gasteiger partial charge in [0, 0.05) is 18.0 Å². The van der Waals surface area contributed by atoms with Crippen molar-refractivity contribution in [3.8, 4) is 5.69 Å². The molecule has 5 heteroatoms. The molecule has 2 aromatic rings. The van der Waals surface area contributed by atoms with E-state index in [1.807, 2.05) is 0 Å². The van der Waals surface area contributed by atoms with Crippen LogP contribution >= 0.6 is 11.6 Å². The molecule has 0 aliphatic carbocycles. The Morgan fingerprint density at radius 2 is 2.31 bits per heavy atom. The van der Waals surface area contributed by atoms with Crippen LogP contribution < -0.4 is 5.73 Å². The van der Waals surface area contributed by atoms with Crippen LogP contribution in [-0.2, 0) is 0 Å². The molecule has 0 saturated heterocycles. The third-order valence-corrected chi connectivity index (χ3v) is 2.54. The van der Waals surface area contributed by atoms with E-state index in [0.29, 0.717) is 10.6 Å². The first-order valence-corrected chi connectivity index (χ1v) is 5.11. The van der Waals surface area contributed by atoms with Crippen molar-refractivity contribution in [1.29, 1.82) is 0 Å². The molecular formula is C11H10ClN3O. The first-order valence-electron chi connectivity index (χ1n) is 4.73. The zero-order valence-electron chi connectivity index (χ0n) is 8.43. The molecule has 0 amide bonds. The fraction of sp³-hybridized carbons (Fsp3) is 0.0909. The van der Waals surface area contributed by atoms with E-state index in [-0.39, 0.29) is 12.3 Å². The van der Waals surface area contributed by atoms with Crippen LogP contribution in [0.25, 0.3) is 5.69 Å². The smallest absolute Gasteiger partial charge is 0.176 e. The minimum atomic E-state index is -0.126. The van der Waals surface area contributed by atoms with Gasteiger partial charge in [-0.15, -0.1) is 0 Å². The summed E-state index contributed by atoms with van der Waals surface area (Å²) < 4.78 is 1.78. The van der Waals surface area contributed by atoms with Gasteiger partial charge in [-0.1, -0.05) is 11.6 Å². The van der Waals surface area contributed by atoms with Crippen molar-refractivity contribution in [3.05, 3.63) is 47.5 Å². The minimum Gasteiger partial charge on any atom is -0.324 e. The molecule has 1 aromatic carbocycles. The van der Waals surface area contributed by atoms with Gasteiger partial charge in [0.05, 0.1) is 23.6 Å². The number of Topliss-reactive ketones (excluding diaryl/α,β-unsaturated/α-hetero) is 1. The van der Waals surface area contributed by atoms with E-state index in [1.54, 1.807) is 41.5 Å². The summed E-state index contributed by atoms with van der Waals surface area (Å²) in [6, 6.07) is 5.09. The summed E-state index contributed by atoms with van der Waals surface area (Å²) in [6.45, 7) is -0.0131. The number of ketones is 1. The Hall–Kier alpha value is -1.65. The molecule has 4 nitrogen and oxygen atoms in total. The SMILES string of the molecule is NCC(=O)c1ccc(-n2ccnc2)c(Cl)c1. The van der Waals surface area contributed by atoms with Gasteiger partial charge in [-0.05, 0) is 18.2 Å². The maximum atomic E-state index is 11.4. The van der Waals surface area contributed by atoms with Gasteiger partial charge in [0.1, 0.15) is 0 Å². The van der Waals surface area contributed by atoms with Crippen molar-refractivity contribution in [1.82, 2.24) is 9.55 Å². The molecule has 0 aliphatic rings. The Morgan fingerprint density at radius 1 is 1.50 bits per heavy atom. The summed E-state index contributed by atoms with van der Waals surface area (Å²) in [4.78, 5) is 15.3. The van der Waals surface area contributed by atoms with Crippen LogP contribution in [0.2, 0.25) is 5.02 Å². The third kappa shape index (κ3) is 1.98. The summed E-state index contributed by atoms with van der Waals surface area (Å²) in [6.07, 6.45) is 5.09. The lowest BCUT2D eigenvalue weighted by atomic mass is 10.1. The van der Waals surface area contributed by atoms with Crippen LogP contribution in [-0.4, -0.2) is 21.9 Å². The van der Waals surface area contributed by atoms with Crippen LogP contribution in [0.1, 0.15) is 10.4 Å². The van der Waals surface area contributed by atoms with Crippen molar-refractivity contribution in [3.63, 3.8) is 0 Å². The fourth-order valence-corrected chi connectivity index (χ4v) is 1.69. The van der Waals surface area contributed by atoms with E-state index in [9.17, 15) is 4.79 Å². The number of carbonyl (C=O) groups is 1. The molecule has 1 heterocycles. The Kier molecular flexibility index (Phi) is 3.03. The predicted molar refractivity (Wildman–Crippen MR) is 62.0 cm³/mol. The molecule has 0 atom stereocenters. The van der Waals surface area contributed by atoms with Crippen molar-refractivity contribution in [2.75, 3.05) is 6.54 Å². The minimum absolute atomic E-state index is 0.0131. The molecule has 2 N–H and O–H groups in total. The molecule has 2 rings (SSSR count). The second kappa shape index (κ2) is 4.47. The second-order valence-corrected chi connectivity index (χ2v) is 3.67. The predicted octanol–water partition coefficient (Wildman–Crippen LogP) is 1.67. The van der Waals surface area contributed by atoms with Crippen molar-refractivity contribution >= 4 is 17.4 Å². The molecule has 0 unspecified atom stereocenters. The molecule has 0 fully saturated rings. The van der Waals surface area contributed by atoms with Crippen LogP contribution in [0, 0.1) is 0 Å². The topological polar surface area (TPSA) is 60.9 Å². The van der Waals surface area contributed by atoms with Gasteiger partial charge in [0.15, 0.2) is 5.78 Å². The second-order valence-electron chi connectivity index (χ2n) is 3.26. The number of halogens is 1. The number of rotatable bonds is 3. The molecule has 0 spiro atoms. The van der Waals surface area contributed by atoms with Gasteiger partial charge in [0.25, 0.3) is 0 Å². The number of nitrogens with two attached hydrogens (primary N) is 1. The number of benzene rings is 1. The van der Waals surface area contributed by atoms with Gasteiger partial charge >= 0.3 is 0 Å². The Morgan fingerprint density at radius 3 is 2.88 bits per heavy atom. The van der Waals surface area contributed by atoms with Gasteiger partial charge in [-0.3, -0.25) is 4.79 Å². The molecule has 16 heavy (non-hydrogen) atoms. The first kappa shape index (κ1) is 10.9. The third-order valence-electron chi connectivity index (χ3n) is 2.24. The van der Waals surface area contributed by atoms with E-state index < -0.39 is 0 Å². The van der Waals surface area contributed by atoms with Crippen LogP contribution in [0.3, 0.4) is 0 Å². The van der Waals surface area contributed by atoms with Gasteiger partial charge in [-0.25, -0.2) is 4.98 Å². The molecule has 0 aliphatic heterocycles. The normalized spacial score (nSPS) is 10.4. The van der Waals surface area contributed by atoms with Gasteiger partial charge in [0.2, 0.25) is 0 Å². The number of hydrogen-bond acceptors (Lipinski definition) is 3. The summed E-state index contributed by atoms with van der Waals surface area (Å²) >= 11 is 6.08. The standard InChI is InChI=1S/C11H10ClN3O/c12-9-5-8(11(16)6-13)1-2-10(9)15-4-3-14-7-15/h1-5,7H,6,13H2. The Balaban J connectivity index is 2.41. The maximum Gasteiger partial charge on any atom is 0.176 e. The highest BCUT2D eigenvalue weighted by atomic mass is 35.5. The Bertz CT molecular complexity index is 508. The zero-order valence-corrected chi connectivity index (χ0v) is 9.19. The fourth-order valence-electron chi connectivity index (χ4n) is 1.41. The van der Waals surface area contributed by atoms with E-state index in [4.69, 9.17) is 17.3 Å². The van der Waals surface area contributed by atoms with E-state index in [1.165, 1.54) is 0 Å². The summed E-state index contributed by atoms with van der Waals surface area (Å²) in [7, 11) is 0. The highest BCUT2D eigenvalue weighted by Crippen LogP contribution is 2.21. The molecule has 0 saturated carbocycles. The number of imidazole rings is 1. The number of carbonyl (C=O) groups excluding carboxylic acids is 1. The lowest BCUT2D eigenvalue weighted by molar-refractivity contribution is 0.100. The lowest BCUT2D eigenvalue weighted by Gasteiger charge is -2.06. The summed E-state index contributed by atoms with van der Waals surface area (Å²) in [5.74, 6) is -0.126. The van der Waals surface area contributed by atoms with Gasteiger partial charge < -0.3 is 10.3 Å². The highest BCUT2D eigenvalue weighted by Gasteiger charge is 2.07. The average molecular weight is 236 g/mol. The van der Waals surface area contributed by atoms with Crippen molar-refractivity contribution in [2.24, 2.45) is 5.73 Å². The number of hydrogen-bond donors (Lipinski definition) is 1. The highest BCUT2D eigenvalue weighted by molar-refractivity contribution is 6.32. The van der Waals surface area contributed by atoms with Crippen LogP contribution in [0.5, 0.6) is 0 Å². The van der Waals surface area contributed by atoms with Crippen LogP contribution in [0.4, 0.5) is 0 Å². The van der Waals surface area contributed by atoms with Gasteiger partial charge in [-0.2, -0.15) is 0 Å². The average Bonchev–Trinajstić information content (AvgIpc) is 2.81. The summed E-state index contributed by atoms with van der Waals surface area (Å²) in [5, 5.41) is 0.498. The van der Waals surface area contributed by atoms with Crippen LogP contribution in [0.15, 0.2) is 36.9 Å². The molecule has 1 aromatic heterocycles. The lowest BCUT2D eigenvalue weighted by Crippen LogP contribution is -2.13. The van der Waals surface area contributed by atoms with E-state index >= 15 is 0 Å². The molecule has 0 bridgehead atoms. The number of aromatic nitrogens is 2. The summed E-state index contributed by atoms with van der Waals surface area (Å²) in [5.41, 5.74) is 6.59. The van der Waals surface area contributed by atoms with Crippen molar-refractivity contribution in [2.45, 2.75) is 0 Å². The largest absolute Gasteiger partial charge is 0.324 e. The quantitative estimate of drug-likeness (QED) is 0.824. The first-order chi connectivity index (χ1) is 7.72. The zero-order chi connectivity index (χ0) is 11.5. The molecular weight excluding hydrogens is 226 g/mol. The van der Waals surface area contributed by atoms with Crippen molar-refractivity contribution < 1.29 is 4.79 Å². The Labute approximate surface area is 97.7 Å². The van der Waals surface area contributed by atoms with E-state index in [2.05, 4.69) is 4.98 Å². The monoisotopic (exact) mass is 235 g/mol.